The fourth-order valence-corrected chi connectivity index (χ4v) is 13.2. The van der Waals surface area contributed by atoms with E-state index in [-0.39, 0.29) is 0 Å². The van der Waals surface area contributed by atoms with E-state index in [1.807, 2.05) is 60.7 Å². The van der Waals surface area contributed by atoms with Crippen LogP contribution in [0.2, 0.25) is 0 Å². The summed E-state index contributed by atoms with van der Waals surface area (Å²) in [6.45, 7) is 0. The lowest BCUT2D eigenvalue weighted by molar-refractivity contribution is 1.07. The van der Waals surface area contributed by atoms with Crippen molar-refractivity contribution in [2.45, 2.75) is 0 Å². The van der Waals surface area contributed by atoms with E-state index in [1.54, 1.807) is 0 Å². The summed E-state index contributed by atoms with van der Waals surface area (Å²) in [5.41, 5.74) is 22.3. The van der Waals surface area contributed by atoms with Crippen LogP contribution in [-0.4, -0.2) is 28.7 Å². The second-order valence-corrected chi connectivity index (χ2v) is 22.4. The highest BCUT2D eigenvalue weighted by Gasteiger charge is 2.21. The summed E-state index contributed by atoms with van der Waals surface area (Å²) in [6.07, 6.45) is 0. The fourth-order valence-electron chi connectivity index (χ4n) is 13.2. The van der Waals surface area contributed by atoms with Crippen molar-refractivity contribution in [3.05, 3.63) is 315 Å². The molecule has 0 aliphatic carbocycles. The van der Waals surface area contributed by atoms with Gasteiger partial charge < -0.3 is 13.7 Å². The number of hydrogen-bond acceptors (Lipinski definition) is 3. The number of aromatic nitrogens is 6. The highest BCUT2D eigenvalue weighted by molar-refractivity contribution is 6.17. The van der Waals surface area contributed by atoms with E-state index in [1.165, 1.54) is 76.7 Å². The molecule has 4 aromatic heterocycles. The van der Waals surface area contributed by atoms with Crippen LogP contribution in [0.5, 0.6) is 0 Å². The lowest BCUT2D eigenvalue weighted by Crippen LogP contribution is -2.00. The largest absolute Gasteiger partial charge is 0.309 e. The SMILES string of the molecule is c1ccc(-c2ccc(-n3c4ccccc4c4cc(-c5ccc6c(c5)c5cc(-c7ccccc7)ccc5n6-c5cccc(-n6c7ccccc7c7c(-c8cccc(-c9nc(-c%10ccccc%10)nc(-c%10ccccc%10)n9)c8)cccc76)c5)ccc43)cc2)cc1. The van der Waals surface area contributed by atoms with Gasteiger partial charge in [0.2, 0.25) is 0 Å². The van der Waals surface area contributed by atoms with Crippen LogP contribution < -0.4 is 0 Å². The molecule has 0 unspecified atom stereocenters. The zero-order chi connectivity index (χ0) is 57.4. The Morgan fingerprint density at radius 3 is 1.11 bits per heavy atom. The minimum atomic E-state index is 0.622. The van der Waals surface area contributed by atoms with E-state index in [4.69, 9.17) is 15.0 Å². The molecule has 13 aromatic carbocycles. The van der Waals surface area contributed by atoms with E-state index in [0.717, 1.165) is 66.9 Å². The topological polar surface area (TPSA) is 53.5 Å². The molecule has 0 bridgehead atoms. The predicted molar refractivity (Wildman–Crippen MR) is 361 cm³/mol. The van der Waals surface area contributed by atoms with E-state index >= 15 is 0 Å². The quantitative estimate of drug-likeness (QED) is 0.137. The Morgan fingerprint density at radius 1 is 0.184 bits per heavy atom. The number of fused-ring (bicyclic) bond motifs is 9. The molecule has 87 heavy (non-hydrogen) atoms. The molecule has 6 heteroatoms. The van der Waals surface area contributed by atoms with Gasteiger partial charge >= 0.3 is 0 Å². The molecule has 0 saturated heterocycles. The molecule has 406 valence electrons. The molecule has 0 aliphatic heterocycles. The Labute approximate surface area is 502 Å². The molecule has 0 saturated carbocycles. The van der Waals surface area contributed by atoms with Gasteiger partial charge in [-0.2, -0.15) is 0 Å². The Morgan fingerprint density at radius 2 is 0.540 bits per heavy atom. The number of para-hydroxylation sites is 2. The maximum Gasteiger partial charge on any atom is 0.164 e. The second-order valence-electron chi connectivity index (χ2n) is 22.4. The standard InChI is InChI=1S/C81H52N6/c1-5-20-53(21-6-1)55-38-43-63(44-39-55)85-72-35-15-13-32-67(72)69-50-59(41-46-74(69)85)60-42-47-76-71(51-60)70-49-58(54-22-7-2-8-23-54)40-45-75(70)86(76)64-30-18-31-65(52-64)87-73-36-16-14-33-68(73)78-66(34-19-37-77(78)87)61-28-17-29-62(48-61)81-83-79(56-24-9-3-10-25-56)82-80(84-81)57-26-11-4-12-27-57/h1-52H. The third-order valence-electron chi connectivity index (χ3n) is 17.3. The molecule has 0 fully saturated rings. The Bertz CT molecular complexity index is 5430. The van der Waals surface area contributed by atoms with Gasteiger partial charge in [0.15, 0.2) is 17.5 Å². The van der Waals surface area contributed by atoms with Gasteiger partial charge in [0.05, 0.1) is 33.1 Å². The summed E-state index contributed by atoms with van der Waals surface area (Å²) in [5.74, 6) is 1.89. The number of rotatable bonds is 10. The van der Waals surface area contributed by atoms with Gasteiger partial charge in [-0.1, -0.05) is 224 Å². The van der Waals surface area contributed by atoms with Crippen LogP contribution in [0, 0.1) is 0 Å². The van der Waals surface area contributed by atoms with Crippen LogP contribution >= 0.6 is 0 Å². The van der Waals surface area contributed by atoms with Crippen molar-refractivity contribution in [1.82, 2.24) is 28.7 Å². The van der Waals surface area contributed by atoms with E-state index in [9.17, 15) is 0 Å². The van der Waals surface area contributed by atoms with Crippen molar-refractivity contribution < 1.29 is 0 Å². The predicted octanol–water partition coefficient (Wildman–Crippen LogP) is 20.8. The van der Waals surface area contributed by atoms with Gasteiger partial charge in [0, 0.05) is 66.1 Å². The molecular weight excluding hydrogens is 1060 g/mol. The smallest absolute Gasteiger partial charge is 0.164 e. The summed E-state index contributed by atoms with van der Waals surface area (Å²) < 4.78 is 7.28. The number of nitrogens with zero attached hydrogens (tertiary/aromatic N) is 6. The van der Waals surface area contributed by atoms with E-state index in [2.05, 4.69) is 268 Å². The zero-order valence-corrected chi connectivity index (χ0v) is 47.2. The Balaban J connectivity index is 0.786. The first kappa shape index (κ1) is 49.8. The molecule has 17 rings (SSSR count). The van der Waals surface area contributed by atoms with Crippen molar-refractivity contribution in [2.24, 2.45) is 0 Å². The average molecular weight is 1110 g/mol. The first-order valence-corrected chi connectivity index (χ1v) is 29.6. The fraction of sp³-hybridized carbons (Fsp3) is 0. The third kappa shape index (κ3) is 8.53. The molecule has 0 atom stereocenters. The lowest BCUT2D eigenvalue weighted by Gasteiger charge is -2.13. The van der Waals surface area contributed by atoms with Gasteiger partial charge in [-0.25, -0.2) is 15.0 Å². The highest BCUT2D eigenvalue weighted by atomic mass is 15.0. The van der Waals surface area contributed by atoms with Crippen LogP contribution in [0.15, 0.2) is 315 Å². The summed E-state index contributed by atoms with van der Waals surface area (Å²) in [5, 5.41) is 7.20. The van der Waals surface area contributed by atoms with Crippen molar-refractivity contribution >= 4 is 65.4 Å². The maximum atomic E-state index is 5.10. The molecular formula is C81H52N6. The van der Waals surface area contributed by atoms with Crippen molar-refractivity contribution in [2.75, 3.05) is 0 Å². The van der Waals surface area contributed by atoms with Crippen LogP contribution in [0.4, 0.5) is 0 Å². The van der Waals surface area contributed by atoms with Gasteiger partial charge in [0.1, 0.15) is 0 Å². The highest BCUT2D eigenvalue weighted by Crippen LogP contribution is 2.43. The van der Waals surface area contributed by atoms with Crippen molar-refractivity contribution in [3.63, 3.8) is 0 Å². The Kier molecular flexibility index (Phi) is 11.8. The van der Waals surface area contributed by atoms with Crippen LogP contribution in [-0.2, 0) is 0 Å². The molecule has 0 radical (unpaired) electrons. The van der Waals surface area contributed by atoms with Gasteiger partial charge in [-0.15, -0.1) is 0 Å². The van der Waals surface area contributed by atoms with Gasteiger partial charge in [0.25, 0.3) is 0 Å². The Hall–Kier alpha value is -11.7. The summed E-state index contributed by atoms with van der Waals surface area (Å²) >= 11 is 0. The summed E-state index contributed by atoms with van der Waals surface area (Å²) in [6, 6.07) is 113. The van der Waals surface area contributed by atoms with Crippen LogP contribution in [0.3, 0.4) is 0 Å². The minimum Gasteiger partial charge on any atom is -0.309 e. The molecule has 0 spiro atoms. The molecule has 0 N–H and O–H groups in total. The van der Waals surface area contributed by atoms with Gasteiger partial charge in [-0.05, 0) is 136 Å². The monoisotopic (exact) mass is 1110 g/mol. The molecule has 6 nitrogen and oxygen atoms in total. The molecule has 0 aliphatic rings. The number of hydrogen-bond donors (Lipinski definition) is 0. The summed E-state index contributed by atoms with van der Waals surface area (Å²) in [7, 11) is 0. The average Bonchev–Trinajstić information content (AvgIpc) is 1.94. The van der Waals surface area contributed by atoms with Crippen LogP contribution in [0.1, 0.15) is 0 Å². The number of benzene rings is 13. The van der Waals surface area contributed by atoms with Crippen molar-refractivity contribution in [1.29, 1.82) is 0 Å². The molecule has 0 amide bonds. The first-order chi connectivity index (χ1) is 43.1. The summed E-state index contributed by atoms with van der Waals surface area (Å²) in [4.78, 5) is 15.2. The van der Waals surface area contributed by atoms with Crippen LogP contribution in [0.25, 0.3) is 161 Å². The zero-order valence-electron chi connectivity index (χ0n) is 47.2. The minimum absolute atomic E-state index is 0.622. The molecule has 17 aromatic rings. The third-order valence-corrected chi connectivity index (χ3v) is 17.3. The second kappa shape index (κ2) is 20.6. The maximum absolute atomic E-state index is 5.10. The van der Waals surface area contributed by atoms with Gasteiger partial charge in [-0.3, -0.25) is 0 Å². The van der Waals surface area contributed by atoms with E-state index < -0.39 is 0 Å². The van der Waals surface area contributed by atoms with E-state index in [0.29, 0.717) is 17.5 Å². The molecule has 4 heterocycles. The first-order valence-electron chi connectivity index (χ1n) is 29.6. The van der Waals surface area contributed by atoms with Crippen molar-refractivity contribution in [3.8, 4) is 95.7 Å². The normalized spacial score (nSPS) is 11.7. The lowest BCUT2D eigenvalue weighted by atomic mass is 9.97.